The van der Waals surface area contributed by atoms with E-state index in [1.54, 1.807) is 18.3 Å². The third-order valence-corrected chi connectivity index (χ3v) is 1.95. The molecule has 1 unspecified atom stereocenters. The van der Waals surface area contributed by atoms with Crippen LogP contribution in [0.2, 0.25) is 0 Å². The van der Waals surface area contributed by atoms with Gasteiger partial charge in [0.2, 0.25) is 5.91 Å². The minimum atomic E-state index is -0.658. The lowest BCUT2D eigenvalue weighted by Crippen LogP contribution is -2.39. The Bertz CT molecular complexity index is 341. The summed E-state index contributed by atoms with van der Waals surface area (Å²) in [7, 11) is 1.50. The number of amides is 1. The van der Waals surface area contributed by atoms with Gasteiger partial charge in [-0.25, -0.2) is 0 Å². The molecular formula is C10H15N3O2. The summed E-state index contributed by atoms with van der Waals surface area (Å²) in [5.41, 5.74) is 7.00. The molecule has 0 spiro atoms. The standard InChI is InChI=1S/C10H15N3O2/c1-7-9(4-3-5-12-7)13-10(14)8(11)6-15-2/h3-5,8H,6,11H2,1-2H3,(H,13,14). The quantitative estimate of drug-likeness (QED) is 0.747. The van der Waals surface area contributed by atoms with Gasteiger partial charge in [0.25, 0.3) is 0 Å². The third kappa shape index (κ3) is 3.30. The molecule has 0 saturated heterocycles. The van der Waals surface area contributed by atoms with Crippen molar-refractivity contribution >= 4 is 11.6 Å². The summed E-state index contributed by atoms with van der Waals surface area (Å²) in [6, 6.07) is 2.87. The van der Waals surface area contributed by atoms with Crippen molar-refractivity contribution in [2.75, 3.05) is 19.0 Å². The monoisotopic (exact) mass is 209 g/mol. The molecule has 82 valence electrons. The van der Waals surface area contributed by atoms with E-state index in [0.29, 0.717) is 5.69 Å². The topological polar surface area (TPSA) is 77.2 Å². The number of nitrogens with zero attached hydrogens (tertiary/aromatic N) is 1. The van der Waals surface area contributed by atoms with Crippen LogP contribution < -0.4 is 11.1 Å². The number of aromatic nitrogens is 1. The summed E-state index contributed by atoms with van der Waals surface area (Å²) in [5, 5.41) is 2.69. The van der Waals surface area contributed by atoms with Crippen LogP contribution in [0.3, 0.4) is 0 Å². The normalized spacial score (nSPS) is 12.2. The van der Waals surface area contributed by atoms with Crippen molar-refractivity contribution in [3.8, 4) is 0 Å². The van der Waals surface area contributed by atoms with Gasteiger partial charge in [0.15, 0.2) is 0 Å². The molecule has 1 amide bonds. The molecule has 1 aromatic rings. The van der Waals surface area contributed by atoms with Crippen molar-refractivity contribution in [2.45, 2.75) is 13.0 Å². The van der Waals surface area contributed by atoms with Crippen LogP contribution in [-0.2, 0) is 9.53 Å². The van der Waals surface area contributed by atoms with Crippen molar-refractivity contribution in [1.82, 2.24) is 4.98 Å². The van der Waals surface area contributed by atoms with E-state index in [2.05, 4.69) is 10.3 Å². The zero-order valence-corrected chi connectivity index (χ0v) is 8.86. The van der Waals surface area contributed by atoms with Crippen LogP contribution in [0.4, 0.5) is 5.69 Å². The smallest absolute Gasteiger partial charge is 0.243 e. The highest BCUT2D eigenvalue weighted by Gasteiger charge is 2.13. The summed E-state index contributed by atoms with van der Waals surface area (Å²) in [5.74, 6) is -0.270. The molecular weight excluding hydrogens is 194 g/mol. The van der Waals surface area contributed by atoms with E-state index in [4.69, 9.17) is 10.5 Å². The van der Waals surface area contributed by atoms with E-state index in [1.807, 2.05) is 6.92 Å². The van der Waals surface area contributed by atoms with E-state index < -0.39 is 6.04 Å². The van der Waals surface area contributed by atoms with Crippen molar-refractivity contribution in [3.05, 3.63) is 24.0 Å². The van der Waals surface area contributed by atoms with Crippen LogP contribution in [0, 0.1) is 6.92 Å². The molecule has 0 saturated carbocycles. The van der Waals surface area contributed by atoms with Crippen LogP contribution in [0.15, 0.2) is 18.3 Å². The number of rotatable bonds is 4. The Kier molecular flexibility index (Phi) is 4.20. The molecule has 0 fully saturated rings. The fraction of sp³-hybridized carbons (Fsp3) is 0.400. The molecule has 5 nitrogen and oxygen atoms in total. The van der Waals surface area contributed by atoms with Crippen molar-refractivity contribution in [2.24, 2.45) is 5.73 Å². The molecule has 0 aromatic carbocycles. The van der Waals surface area contributed by atoms with Crippen molar-refractivity contribution < 1.29 is 9.53 Å². The zero-order valence-electron chi connectivity index (χ0n) is 8.86. The number of pyridine rings is 1. The summed E-state index contributed by atoms with van der Waals surface area (Å²) in [6.45, 7) is 2.02. The largest absolute Gasteiger partial charge is 0.383 e. The van der Waals surface area contributed by atoms with Crippen molar-refractivity contribution in [1.29, 1.82) is 0 Å². The Labute approximate surface area is 88.6 Å². The van der Waals surface area contributed by atoms with E-state index >= 15 is 0 Å². The van der Waals surface area contributed by atoms with E-state index in [1.165, 1.54) is 7.11 Å². The molecule has 1 rings (SSSR count). The average molecular weight is 209 g/mol. The van der Waals surface area contributed by atoms with Gasteiger partial charge in [-0.05, 0) is 19.1 Å². The molecule has 0 aliphatic rings. The molecule has 0 radical (unpaired) electrons. The molecule has 1 atom stereocenters. The number of methoxy groups -OCH3 is 1. The first kappa shape index (κ1) is 11.6. The predicted molar refractivity (Wildman–Crippen MR) is 57.5 cm³/mol. The van der Waals surface area contributed by atoms with Crippen LogP contribution >= 0.6 is 0 Å². The number of hydrogen-bond donors (Lipinski definition) is 2. The molecule has 0 aliphatic carbocycles. The van der Waals surface area contributed by atoms with Gasteiger partial charge in [-0.2, -0.15) is 0 Å². The molecule has 0 bridgehead atoms. The maximum absolute atomic E-state index is 11.5. The average Bonchev–Trinajstić information content (AvgIpc) is 2.21. The fourth-order valence-electron chi connectivity index (χ4n) is 1.10. The number of nitrogens with one attached hydrogen (secondary N) is 1. The number of carbonyl (C=O) groups excluding carboxylic acids is 1. The first-order chi connectivity index (χ1) is 7.15. The number of ether oxygens (including phenoxy) is 1. The summed E-state index contributed by atoms with van der Waals surface area (Å²) < 4.78 is 4.79. The number of nitrogens with two attached hydrogens (primary N) is 1. The molecule has 0 aliphatic heterocycles. The van der Waals surface area contributed by atoms with Gasteiger partial charge in [0, 0.05) is 13.3 Å². The molecule has 1 heterocycles. The number of hydrogen-bond acceptors (Lipinski definition) is 4. The molecule has 3 N–H and O–H groups in total. The molecule has 5 heteroatoms. The number of carbonyl (C=O) groups is 1. The Balaban J connectivity index is 2.62. The van der Waals surface area contributed by atoms with Gasteiger partial charge >= 0.3 is 0 Å². The van der Waals surface area contributed by atoms with Crippen molar-refractivity contribution in [3.63, 3.8) is 0 Å². The third-order valence-electron chi connectivity index (χ3n) is 1.95. The Morgan fingerprint density at radius 3 is 3.07 bits per heavy atom. The predicted octanol–water partition coefficient (Wildman–Crippen LogP) is 0.302. The van der Waals surface area contributed by atoms with Gasteiger partial charge in [-0.1, -0.05) is 0 Å². The van der Waals surface area contributed by atoms with Gasteiger partial charge in [0.05, 0.1) is 18.0 Å². The van der Waals surface area contributed by atoms with Crippen LogP contribution in [0.25, 0.3) is 0 Å². The number of anilines is 1. The van der Waals surface area contributed by atoms with E-state index in [-0.39, 0.29) is 12.5 Å². The molecule has 15 heavy (non-hydrogen) atoms. The summed E-state index contributed by atoms with van der Waals surface area (Å²) >= 11 is 0. The van der Waals surface area contributed by atoms with Crippen LogP contribution in [0.1, 0.15) is 5.69 Å². The Hall–Kier alpha value is -1.46. The lowest BCUT2D eigenvalue weighted by atomic mass is 10.2. The van der Waals surface area contributed by atoms with Gasteiger partial charge in [0.1, 0.15) is 6.04 Å². The summed E-state index contributed by atoms with van der Waals surface area (Å²) in [6.07, 6.45) is 1.67. The maximum atomic E-state index is 11.5. The highest BCUT2D eigenvalue weighted by atomic mass is 16.5. The van der Waals surface area contributed by atoms with E-state index in [9.17, 15) is 4.79 Å². The SMILES string of the molecule is COCC(N)C(=O)Nc1cccnc1C. The minimum absolute atomic E-state index is 0.200. The van der Waals surface area contributed by atoms with Gasteiger partial charge in [-0.15, -0.1) is 0 Å². The summed E-state index contributed by atoms with van der Waals surface area (Å²) in [4.78, 5) is 15.6. The lowest BCUT2D eigenvalue weighted by molar-refractivity contribution is -0.118. The highest BCUT2D eigenvalue weighted by Crippen LogP contribution is 2.10. The first-order valence-electron chi connectivity index (χ1n) is 4.62. The van der Waals surface area contributed by atoms with Gasteiger partial charge in [-0.3, -0.25) is 9.78 Å². The maximum Gasteiger partial charge on any atom is 0.243 e. The fourth-order valence-corrected chi connectivity index (χ4v) is 1.10. The first-order valence-corrected chi connectivity index (χ1v) is 4.62. The lowest BCUT2D eigenvalue weighted by Gasteiger charge is -2.12. The van der Waals surface area contributed by atoms with Crippen LogP contribution in [0.5, 0.6) is 0 Å². The molecule has 1 aromatic heterocycles. The second-order valence-corrected chi connectivity index (χ2v) is 3.19. The Morgan fingerprint density at radius 2 is 2.47 bits per heavy atom. The van der Waals surface area contributed by atoms with E-state index in [0.717, 1.165) is 5.69 Å². The van der Waals surface area contributed by atoms with Crippen LogP contribution in [-0.4, -0.2) is 30.6 Å². The highest BCUT2D eigenvalue weighted by molar-refractivity contribution is 5.95. The second kappa shape index (κ2) is 5.43. The second-order valence-electron chi connectivity index (χ2n) is 3.19. The minimum Gasteiger partial charge on any atom is -0.383 e. The van der Waals surface area contributed by atoms with Gasteiger partial charge < -0.3 is 15.8 Å². The number of aryl methyl sites for hydroxylation is 1. The zero-order chi connectivity index (χ0) is 11.3. The Morgan fingerprint density at radius 1 is 1.73 bits per heavy atom.